The van der Waals surface area contributed by atoms with E-state index >= 15 is 0 Å². The zero-order valence-electron chi connectivity index (χ0n) is 29.7. The number of para-hydroxylation sites is 2. The number of furan rings is 2. The van der Waals surface area contributed by atoms with Crippen LogP contribution in [0.3, 0.4) is 0 Å². The molecule has 2 heterocycles. The third kappa shape index (κ3) is 7.98. The first-order chi connectivity index (χ1) is 27.4. The molecule has 10 aromatic rings. The van der Waals surface area contributed by atoms with Crippen LogP contribution in [0.15, 0.2) is 200 Å². The lowest BCUT2D eigenvalue weighted by molar-refractivity contribution is 0.426. The fourth-order valence-corrected chi connectivity index (χ4v) is 8.26. The van der Waals surface area contributed by atoms with Crippen LogP contribution >= 0.6 is 54.5 Å². The quantitative estimate of drug-likeness (QED) is 0.136. The minimum atomic E-state index is -1.43. The van der Waals surface area contributed by atoms with E-state index < -0.39 is 7.12 Å². The van der Waals surface area contributed by atoms with Crippen molar-refractivity contribution in [1.82, 2.24) is 0 Å². The van der Waals surface area contributed by atoms with Crippen LogP contribution in [-0.4, -0.2) is 17.2 Å². The molecule has 0 fully saturated rings. The third-order valence-corrected chi connectivity index (χ3v) is 11.4. The maximum absolute atomic E-state index is 9.22. The molecule has 2 aromatic heterocycles. The van der Waals surface area contributed by atoms with Crippen LogP contribution in [0.5, 0.6) is 0 Å². The Kier molecular flexibility index (Phi) is 11.5. The van der Waals surface area contributed by atoms with Crippen molar-refractivity contribution in [3.05, 3.63) is 195 Å². The van der Waals surface area contributed by atoms with Crippen LogP contribution in [0.4, 0.5) is 0 Å². The number of benzene rings is 8. The second-order valence-corrected chi connectivity index (χ2v) is 16.0. The molecule has 0 saturated carbocycles. The Bertz CT molecular complexity index is 2940. The summed E-state index contributed by atoms with van der Waals surface area (Å²) in [6.45, 7) is 0. The van der Waals surface area contributed by atoms with Crippen molar-refractivity contribution in [3.63, 3.8) is 0 Å². The van der Waals surface area contributed by atoms with Gasteiger partial charge in [0.15, 0.2) is 0 Å². The monoisotopic (exact) mass is 968 g/mol. The Balaban J connectivity index is 0.000000126. The number of halogens is 3. The predicted octanol–water partition coefficient (Wildman–Crippen LogP) is 13.7. The zero-order valence-corrected chi connectivity index (χ0v) is 35.1. The van der Waals surface area contributed by atoms with E-state index in [1.165, 1.54) is 31.2 Å². The molecular formula is C48H32BBr2IO4. The van der Waals surface area contributed by atoms with E-state index in [1.54, 1.807) is 12.1 Å². The summed E-state index contributed by atoms with van der Waals surface area (Å²) in [6, 6.07) is 60.9. The van der Waals surface area contributed by atoms with E-state index in [0.29, 0.717) is 5.46 Å². The first-order valence-electron chi connectivity index (χ1n) is 17.9. The Labute approximate surface area is 355 Å². The van der Waals surface area contributed by atoms with Crippen molar-refractivity contribution in [2.75, 3.05) is 0 Å². The summed E-state index contributed by atoms with van der Waals surface area (Å²) in [4.78, 5) is 0. The fourth-order valence-electron chi connectivity index (χ4n) is 6.87. The molecule has 56 heavy (non-hydrogen) atoms. The van der Waals surface area contributed by atoms with Crippen LogP contribution in [0.25, 0.3) is 77.3 Å². The lowest BCUT2D eigenvalue weighted by Crippen LogP contribution is -2.31. The van der Waals surface area contributed by atoms with E-state index in [9.17, 15) is 10.0 Å². The van der Waals surface area contributed by atoms with Crippen LogP contribution in [0, 0.1) is 3.57 Å². The van der Waals surface area contributed by atoms with Gasteiger partial charge in [0.25, 0.3) is 0 Å². The summed E-state index contributed by atoms with van der Waals surface area (Å²) in [5.74, 6) is 0. The molecule has 0 aliphatic rings. The van der Waals surface area contributed by atoms with Crippen molar-refractivity contribution < 1.29 is 18.9 Å². The normalized spacial score (nSPS) is 10.9. The summed E-state index contributed by atoms with van der Waals surface area (Å²) in [5, 5.41) is 23.1. The van der Waals surface area contributed by atoms with Gasteiger partial charge in [0.1, 0.15) is 22.3 Å². The highest BCUT2D eigenvalue weighted by Crippen LogP contribution is 2.38. The number of hydrogen-bond acceptors (Lipinski definition) is 4. The molecule has 4 nitrogen and oxygen atoms in total. The molecule has 2 N–H and O–H groups in total. The topological polar surface area (TPSA) is 66.7 Å². The molecular weight excluding hydrogens is 938 g/mol. The molecule has 0 radical (unpaired) electrons. The van der Waals surface area contributed by atoms with Gasteiger partial charge in [-0.1, -0.05) is 140 Å². The third-order valence-electron chi connectivity index (χ3n) is 9.51. The highest BCUT2D eigenvalue weighted by molar-refractivity contribution is 14.1. The Morgan fingerprint density at radius 1 is 0.411 bits per heavy atom. The van der Waals surface area contributed by atoms with E-state index in [4.69, 9.17) is 8.83 Å². The van der Waals surface area contributed by atoms with Gasteiger partial charge in [0.05, 0.1) is 8.95 Å². The Morgan fingerprint density at radius 3 is 1.45 bits per heavy atom. The number of fused-ring (bicyclic) bond motifs is 6. The first-order valence-corrected chi connectivity index (χ1v) is 20.5. The molecule has 0 amide bonds. The standard InChI is InChI=1S/C24H15BrO.C12H11BO2.C12H6BrIO/c25-22-12-6-11-20-21-15-17(13-14-23(21)26-24(20)22)19-10-5-4-9-18(19)16-7-2-1-3-8-16;14-13(15)12-9-5-4-8-11(12)10-6-2-1-3-7-10;13-10-3-1-2-8-9-6-7(14)4-5-11(9)15-12(8)10/h1-15H;1-9,14-15H;1-6H. The van der Waals surface area contributed by atoms with Gasteiger partial charge in [-0.2, -0.15) is 0 Å². The largest absolute Gasteiger partial charge is 0.489 e. The molecule has 0 bridgehead atoms. The highest BCUT2D eigenvalue weighted by atomic mass is 127. The maximum Gasteiger partial charge on any atom is 0.489 e. The van der Waals surface area contributed by atoms with Crippen LogP contribution in [0.1, 0.15) is 0 Å². The molecule has 8 heteroatoms. The van der Waals surface area contributed by atoms with Crippen molar-refractivity contribution in [2.45, 2.75) is 0 Å². The lowest BCUT2D eigenvalue weighted by atomic mass is 9.75. The summed E-state index contributed by atoms with van der Waals surface area (Å²) < 4.78 is 15.0. The number of rotatable bonds is 4. The van der Waals surface area contributed by atoms with Gasteiger partial charge in [-0.3, -0.25) is 0 Å². The molecule has 272 valence electrons. The minimum Gasteiger partial charge on any atom is -0.455 e. The molecule has 0 unspecified atom stereocenters. The van der Waals surface area contributed by atoms with Crippen LogP contribution in [0.2, 0.25) is 0 Å². The van der Waals surface area contributed by atoms with E-state index in [2.05, 4.69) is 145 Å². The SMILES string of the molecule is Brc1cccc2c1oc1ccc(-c3ccccc3-c3ccccc3)cc12.Brc1cccc2c1oc1ccc(I)cc12.OB(O)c1ccccc1-c1ccccc1. The van der Waals surface area contributed by atoms with E-state index in [0.717, 1.165) is 58.6 Å². The highest BCUT2D eigenvalue weighted by Gasteiger charge is 2.16. The van der Waals surface area contributed by atoms with E-state index in [1.807, 2.05) is 78.9 Å². The van der Waals surface area contributed by atoms with E-state index in [-0.39, 0.29) is 0 Å². The Hall–Kier alpha value is -4.97. The molecule has 8 aromatic carbocycles. The number of hydrogen-bond donors (Lipinski definition) is 2. The molecule has 0 saturated heterocycles. The second kappa shape index (κ2) is 17.0. The van der Waals surface area contributed by atoms with Gasteiger partial charge in [-0.05, 0) is 136 Å². The minimum absolute atomic E-state index is 0.531. The van der Waals surface area contributed by atoms with Gasteiger partial charge >= 0.3 is 7.12 Å². The molecule has 0 spiro atoms. The summed E-state index contributed by atoms with van der Waals surface area (Å²) in [7, 11) is -1.43. The second-order valence-electron chi connectivity index (χ2n) is 13.0. The van der Waals surface area contributed by atoms with Gasteiger partial charge in [0.2, 0.25) is 0 Å². The fraction of sp³-hybridized carbons (Fsp3) is 0. The Morgan fingerprint density at radius 2 is 0.875 bits per heavy atom. The van der Waals surface area contributed by atoms with Crippen molar-refractivity contribution >= 4 is 111 Å². The maximum atomic E-state index is 9.22. The van der Waals surface area contributed by atoms with Crippen molar-refractivity contribution in [1.29, 1.82) is 0 Å². The van der Waals surface area contributed by atoms with Crippen molar-refractivity contribution in [3.8, 4) is 33.4 Å². The summed E-state index contributed by atoms with van der Waals surface area (Å²) >= 11 is 9.40. The summed E-state index contributed by atoms with van der Waals surface area (Å²) in [6.07, 6.45) is 0. The molecule has 0 atom stereocenters. The molecule has 10 rings (SSSR count). The van der Waals surface area contributed by atoms with Gasteiger partial charge < -0.3 is 18.9 Å². The predicted molar refractivity (Wildman–Crippen MR) is 248 cm³/mol. The van der Waals surface area contributed by atoms with Crippen molar-refractivity contribution in [2.24, 2.45) is 0 Å². The van der Waals surface area contributed by atoms with Gasteiger partial charge in [0, 0.05) is 25.1 Å². The van der Waals surface area contributed by atoms with Crippen LogP contribution in [-0.2, 0) is 0 Å². The van der Waals surface area contributed by atoms with Crippen LogP contribution < -0.4 is 5.46 Å². The van der Waals surface area contributed by atoms with Gasteiger partial charge in [-0.15, -0.1) is 0 Å². The molecule has 0 aliphatic carbocycles. The lowest BCUT2D eigenvalue weighted by Gasteiger charge is -2.10. The van der Waals surface area contributed by atoms with Gasteiger partial charge in [-0.25, -0.2) is 0 Å². The average Bonchev–Trinajstić information content (AvgIpc) is 3.81. The smallest absolute Gasteiger partial charge is 0.455 e. The first kappa shape index (κ1) is 37.9. The summed E-state index contributed by atoms with van der Waals surface area (Å²) in [5.41, 5.74) is 10.9. The zero-order chi connectivity index (χ0) is 38.6. The molecule has 0 aliphatic heterocycles. The average molecular weight is 970 g/mol.